The van der Waals surface area contributed by atoms with Crippen LogP contribution in [0.2, 0.25) is 0 Å². The Morgan fingerprint density at radius 3 is 2.78 bits per heavy atom. The number of amides is 1. The molecule has 0 saturated carbocycles. The average molecular weight is 318 g/mol. The molecule has 0 bridgehead atoms. The van der Waals surface area contributed by atoms with E-state index in [0.29, 0.717) is 24.9 Å². The van der Waals surface area contributed by atoms with E-state index in [0.717, 1.165) is 5.56 Å². The highest BCUT2D eigenvalue weighted by Gasteiger charge is 2.17. The van der Waals surface area contributed by atoms with Gasteiger partial charge < -0.3 is 5.32 Å². The first-order valence-electron chi connectivity index (χ1n) is 7.84. The van der Waals surface area contributed by atoms with Crippen molar-refractivity contribution in [3.8, 4) is 0 Å². The van der Waals surface area contributed by atoms with Crippen molar-refractivity contribution in [2.24, 2.45) is 5.92 Å². The summed E-state index contributed by atoms with van der Waals surface area (Å²) in [5.41, 5.74) is 1.57. The van der Waals surface area contributed by atoms with E-state index in [9.17, 15) is 9.18 Å². The molecule has 0 unspecified atom stereocenters. The number of hydrogen-bond donors (Lipinski definition) is 1. The van der Waals surface area contributed by atoms with Crippen LogP contribution in [0.15, 0.2) is 30.6 Å². The van der Waals surface area contributed by atoms with Gasteiger partial charge >= 0.3 is 0 Å². The molecule has 2 rings (SSSR count). The molecule has 0 aliphatic rings. The molecule has 1 atom stereocenters. The van der Waals surface area contributed by atoms with Crippen LogP contribution in [-0.4, -0.2) is 26.9 Å². The van der Waals surface area contributed by atoms with Gasteiger partial charge in [-0.3, -0.25) is 9.48 Å². The Morgan fingerprint density at radius 1 is 1.39 bits per heavy atom. The van der Waals surface area contributed by atoms with E-state index in [1.807, 2.05) is 0 Å². The van der Waals surface area contributed by atoms with Gasteiger partial charge in [-0.05, 0) is 36.5 Å². The van der Waals surface area contributed by atoms with Crippen LogP contribution in [0, 0.1) is 18.7 Å². The maximum Gasteiger partial charge on any atom is 0.220 e. The highest BCUT2D eigenvalue weighted by Crippen LogP contribution is 2.11. The number of aromatic nitrogens is 3. The van der Waals surface area contributed by atoms with Crippen molar-refractivity contribution in [2.45, 2.75) is 46.2 Å². The van der Waals surface area contributed by atoms with Gasteiger partial charge in [0.25, 0.3) is 0 Å². The van der Waals surface area contributed by atoms with Gasteiger partial charge in [-0.1, -0.05) is 31.2 Å². The van der Waals surface area contributed by atoms with Gasteiger partial charge in [0, 0.05) is 12.6 Å². The van der Waals surface area contributed by atoms with Crippen molar-refractivity contribution in [1.82, 2.24) is 20.3 Å². The third kappa shape index (κ3) is 5.16. The van der Waals surface area contributed by atoms with Crippen LogP contribution in [0.5, 0.6) is 0 Å². The fraction of sp³-hybridized carbons (Fsp3) is 0.471. The van der Waals surface area contributed by atoms with Crippen molar-refractivity contribution in [3.05, 3.63) is 47.5 Å². The van der Waals surface area contributed by atoms with Crippen molar-refractivity contribution < 1.29 is 9.18 Å². The topological polar surface area (TPSA) is 59.8 Å². The summed E-state index contributed by atoms with van der Waals surface area (Å²) in [5.74, 6) is 0.0629. The van der Waals surface area contributed by atoms with Crippen LogP contribution in [0.25, 0.3) is 0 Å². The van der Waals surface area contributed by atoms with Gasteiger partial charge in [-0.2, -0.15) is 0 Å². The Hall–Kier alpha value is -2.24. The number of hydrogen-bond acceptors (Lipinski definition) is 3. The SMILES string of the molecule is Cc1cc(CCC(=O)N[C@H](Cn2ccnn2)C(C)C)ccc1F. The molecular weight excluding hydrogens is 295 g/mol. The van der Waals surface area contributed by atoms with Gasteiger partial charge in [-0.15, -0.1) is 5.10 Å². The predicted octanol–water partition coefficient (Wildman–Crippen LogP) is 2.50. The Balaban J connectivity index is 1.87. The normalized spacial score (nSPS) is 12.4. The molecule has 0 saturated heterocycles. The second-order valence-electron chi connectivity index (χ2n) is 6.13. The lowest BCUT2D eigenvalue weighted by Crippen LogP contribution is -2.41. The molecule has 1 N–H and O–H groups in total. The maximum absolute atomic E-state index is 13.2. The Labute approximate surface area is 135 Å². The Morgan fingerprint density at radius 2 is 2.17 bits per heavy atom. The zero-order valence-corrected chi connectivity index (χ0v) is 13.8. The van der Waals surface area contributed by atoms with Crippen LogP contribution in [0.3, 0.4) is 0 Å². The minimum Gasteiger partial charge on any atom is -0.351 e. The number of rotatable bonds is 7. The molecule has 0 aliphatic heterocycles. The number of halogens is 1. The van der Waals surface area contributed by atoms with E-state index in [1.54, 1.807) is 36.1 Å². The minimum atomic E-state index is -0.217. The van der Waals surface area contributed by atoms with Crippen LogP contribution in [0.1, 0.15) is 31.4 Å². The molecule has 1 heterocycles. The van der Waals surface area contributed by atoms with Gasteiger partial charge in [0.1, 0.15) is 5.82 Å². The third-order valence-electron chi connectivity index (χ3n) is 3.87. The third-order valence-corrected chi connectivity index (χ3v) is 3.87. The summed E-state index contributed by atoms with van der Waals surface area (Å²) in [4.78, 5) is 12.2. The molecule has 0 aliphatic carbocycles. The summed E-state index contributed by atoms with van der Waals surface area (Å²) in [7, 11) is 0. The fourth-order valence-electron chi connectivity index (χ4n) is 2.35. The van der Waals surface area contributed by atoms with Crippen LogP contribution in [0.4, 0.5) is 4.39 Å². The summed E-state index contributed by atoms with van der Waals surface area (Å²) in [6.45, 7) is 6.45. The lowest BCUT2D eigenvalue weighted by molar-refractivity contribution is -0.122. The molecule has 0 spiro atoms. The van der Waals surface area contributed by atoms with Crippen LogP contribution in [-0.2, 0) is 17.8 Å². The zero-order chi connectivity index (χ0) is 16.8. The predicted molar refractivity (Wildman–Crippen MR) is 86.2 cm³/mol. The second-order valence-corrected chi connectivity index (χ2v) is 6.13. The van der Waals surface area contributed by atoms with Gasteiger partial charge in [0.05, 0.1) is 18.8 Å². The number of aryl methyl sites for hydroxylation is 2. The van der Waals surface area contributed by atoms with Gasteiger partial charge in [0.15, 0.2) is 0 Å². The summed E-state index contributed by atoms with van der Waals surface area (Å²) in [5, 5.41) is 10.8. The van der Waals surface area contributed by atoms with Crippen molar-refractivity contribution >= 4 is 5.91 Å². The van der Waals surface area contributed by atoms with Crippen molar-refractivity contribution in [3.63, 3.8) is 0 Å². The monoisotopic (exact) mass is 318 g/mol. The van der Waals surface area contributed by atoms with Crippen molar-refractivity contribution in [2.75, 3.05) is 0 Å². The fourth-order valence-corrected chi connectivity index (χ4v) is 2.35. The first kappa shape index (κ1) is 17.1. The quantitative estimate of drug-likeness (QED) is 0.853. The molecule has 0 radical (unpaired) electrons. The average Bonchev–Trinajstić information content (AvgIpc) is 3.01. The lowest BCUT2D eigenvalue weighted by atomic mass is 10.0. The van der Waals surface area contributed by atoms with Crippen LogP contribution < -0.4 is 5.32 Å². The molecule has 5 nitrogen and oxygen atoms in total. The van der Waals surface area contributed by atoms with Crippen molar-refractivity contribution in [1.29, 1.82) is 0 Å². The minimum absolute atomic E-state index is 0.000783. The molecule has 23 heavy (non-hydrogen) atoms. The standard InChI is InChI=1S/C17H23FN4O/c1-12(2)16(11-22-9-8-19-21-22)20-17(23)7-5-14-4-6-15(18)13(3)10-14/h4,6,8-10,12,16H,5,7,11H2,1-3H3,(H,20,23)/t16-/m1/s1. The molecule has 124 valence electrons. The molecule has 2 aromatic rings. The van der Waals surface area contributed by atoms with Crippen LogP contribution >= 0.6 is 0 Å². The van der Waals surface area contributed by atoms with E-state index in [1.165, 1.54) is 6.07 Å². The van der Waals surface area contributed by atoms with E-state index >= 15 is 0 Å². The number of carbonyl (C=O) groups excluding carboxylic acids is 1. The smallest absolute Gasteiger partial charge is 0.220 e. The highest BCUT2D eigenvalue weighted by atomic mass is 19.1. The maximum atomic E-state index is 13.2. The highest BCUT2D eigenvalue weighted by molar-refractivity contribution is 5.76. The zero-order valence-electron chi connectivity index (χ0n) is 13.8. The summed E-state index contributed by atoms with van der Waals surface area (Å²) in [6.07, 6.45) is 4.38. The number of nitrogens with one attached hydrogen (secondary N) is 1. The first-order chi connectivity index (χ1) is 11.0. The van der Waals surface area contributed by atoms with Gasteiger partial charge in [0.2, 0.25) is 5.91 Å². The number of benzene rings is 1. The molecule has 6 heteroatoms. The molecular formula is C17H23FN4O. The molecule has 0 fully saturated rings. The van der Waals surface area contributed by atoms with E-state index in [2.05, 4.69) is 29.5 Å². The molecule has 1 amide bonds. The van der Waals surface area contributed by atoms with E-state index < -0.39 is 0 Å². The molecule has 1 aromatic carbocycles. The second kappa shape index (κ2) is 7.85. The van der Waals surface area contributed by atoms with E-state index in [4.69, 9.17) is 0 Å². The number of nitrogens with zero attached hydrogens (tertiary/aromatic N) is 3. The largest absolute Gasteiger partial charge is 0.351 e. The summed E-state index contributed by atoms with van der Waals surface area (Å²) < 4.78 is 15.0. The molecule has 1 aromatic heterocycles. The Kier molecular flexibility index (Phi) is 5.84. The van der Waals surface area contributed by atoms with E-state index in [-0.39, 0.29) is 23.7 Å². The Bertz CT molecular complexity index is 640. The lowest BCUT2D eigenvalue weighted by Gasteiger charge is -2.22. The first-order valence-corrected chi connectivity index (χ1v) is 7.84. The van der Waals surface area contributed by atoms with Gasteiger partial charge in [-0.25, -0.2) is 4.39 Å². The summed E-state index contributed by atoms with van der Waals surface area (Å²) >= 11 is 0. The summed E-state index contributed by atoms with van der Waals surface area (Å²) in [6, 6.07) is 4.96. The number of carbonyl (C=O) groups is 1.